The molecule has 1 aromatic carbocycles. The molecule has 1 amide bonds. The molecule has 1 unspecified atom stereocenters. The van der Waals surface area contributed by atoms with Crippen LogP contribution in [0.15, 0.2) is 33.8 Å². The highest BCUT2D eigenvalue weighted by molar-refractivity contribution is 9.10. The van der Waals surface area contributed by atoms with Crippen LogP contribution in [0.5, 0.6) is 0 Å². The van der Waals surface area contributed by atoms with E-state index in [0.29, 0.717) is 5.56 Å². The van der Waals surface area contributed by atoms with E-state index >= 15 is 0 Å². The molecule has 1 aliphatic carbocycles. The maximum Gasteiger partial charge on any atom is 0.254 e. The molecule has 1 aliphatic heterocycles. The van der Waals surface area contributed by atoms with E-state index in [0.717, 1.165) is 35.0 Å². The first-order valence-electron chi connectivity index (χ1n) is 7.42. The number of amides is 1. The summed E-state index contributed by atoms with van der Waals surface area (Å²) in [7, 11) is 0. The van der Waals surface area contributed by atoms with E-state index in [4.69, 9.17) is 5.26 Å². The third-order valence-corrected chi connectivity index (χ3v) is 5.11. The third-order valence-electron chi connectivity index (χ3n) is 4.46. The van der Waals surface area contributed by atoms with Gasteiger partial charge >= 0.3 is 0 Å². The van der Waals surface area contributed by atoms with E-state index in [1.54, 1.807) is 6.07 Å². The number of nitriles is 1. The van der Waals surface area contributed by atoms with Gasteiger partial charge in [-0.2, -0.15) is 5.26 Å². The average Bonchev–Trinajstić information content (AvgIpc) is 2.78. The molecule has 1 atom stereocenters. The topological polar surface area (TPSA) is 44.1 Å². The second kappa shape index (κ2) is 5.65. The van der Waals surface area contributed by atoms with Crippen LogP contribution in [0.3, 0.4) is 0 Å². The van der Waals surface area contributed by atoms with Gasteiger partial charge in [-0.3, -0.25) is 4.79 Å². The molecule has 1 heterocycles. The zero-order valence-electron chi connectivity index (χ0n) is 12.0. The monoisotopic (exact) mass is 344 g/mol. The van der Waals surface area contributed by atoms with Gasteiger partial charge in [-0.15, -0.1) is 0 Å². The summed E-state index contributed by atoms with van der Waals surface area (Å²) in [5, 5.41) is 9.03. The standard InChI is InChI=1S/C17H17BrN2O/c1-2-13-14-5-3-4-6-16(14)20(17(13)21)12-8-7-11(10-19)15(18)9-12/h7-9,16H,2-6H2,1H3. The molecule has 1 fully saturated rings. The van der Waals surface area contributed by atoms with Gasteiger partial charge in [0.25, 0.3) is 5.91 Å². The van der Waals surface area contributed by atoms with E-state index in [1.807, 2.05) is 17.0 Å². The van der Waals surface area contributed by atoms with Crippen molar-refractivity contribution in [2.45, 2.75) is 45.1 Å². The molecule has 1 aromatic rings. The number of fused-ring (bicyclic) bond motifs is 1. The van der Waals surface area contributed by atoms with Gasteiger partial charge in [0.15, 0.2) is 0 Å². The fourth-order valence-corrected chi connectivity index (χ4v) is 3.93. The highest BCUT2D eigenvalue weighted by atomic mass is 79.9. The van der Waals surface area contributed by atoms with Gasteiger partial charge in [0, 0.05) is 15.7 Å². The molecule has 4 heteroatoms. The molecule has 3 rings (SSSR count). The molecule has 21 heavy (non-hydrogen) atoms. The van der Waals surface area contributed by atoms with Gasteiger partial charge in [-0.1, -0.05) is 13.3 Å². The van der Waals surface area contributed by atoms with Crippen LogP contribution in [0.2, 0.25) is 0 Å². The minimum Gasteiger partial charge on any atom is -0.301 e. The van der Waals surface area contributed by atoms with E-state index in [9.17, 15) is 4.79 Å². The van der Waals surface area contributed by atoms with Gasteiger partial charge in [-0.05, 0) is 65.4 Å². The number of halogens is 1. The van der Waals surface area contributed by atoms with Crippen molar-refractivity contribution in [2.75, 3.05) is 4.90 Å². The number of anilines is 1. The van der Waals surface area contributed by atoms with Crippen LogP contribution in [-0.2, 0) is 4.79 Å². The molecular weight excluding hydrogens is 328 g/mol. The zero-order chi connectivity index (χ0) is 15.0. The summed E-state index contributed by atoms with van der Waals surface area (Å²) in [6.45, 7) is 2.06. The second-order valence-corrected chi connectivity index (χ2v) is 6.42. The lowest BCUT2D eigenvalue weighted by molar-refractivity contribution is -0.114. The number of hydrogen-bond acceptors (Lipinski definition) is 2. The molecule has 0 spiro atoms. The van der Waals surface area contributed by atoms with Crippen molar-refractivity contribution in [1.82, 2.24) is 0 Å². The fourth-order valence-electron chi connectivity index (χ4n) is 3.48. The molecule has 0 N–H and O–H groups in total. The van der Waals surface area contributed by atoms with Crippen molar-refractivity contribution in [1.29, 1.82) is 5.26 Å². The minimum absolute atomic E-state index is 0.149. The first-order valence-corrected chi connectivity index (χ1v) is 8.21. The smallest absolute Gasteiger partial charge is 0.254 e. The number of hydrogen-bond donors (Lipinski definition) is 0. The minimum atomic E-state index is 0.149. The zero-order valence-corrected chi connectivity index (χ0v) is 13.6. The molecule has 2 aliphatic rings. The summed E-state index contributed by atoms with van der Waals surface area (Å²) >= 11 is 3.42. The van der Waals surface area contributed by atoms with Crippen LogP contribution >= 0.6 is 15.9 Å². The lowest BCUT2D eigenvalue weighted by atomic mass is 9.88. The second-order valence-electron chi connectivity index (χ2n) is 5.57. The van der Waals surface area contributed by atoms with Gasteiger partial charge in [-0.25, -0.2) is 0 Å². The normalized spacial score (nSPS) is 21.5. The summed E-state index contributed by atoms with van der Waals surface area (Å²) < 4.78 is 0.748. The van der Waals surface area contributed by atoms with Crippen molar-refractivity contribution in [3.05, 3.63) is 39.4 Å². The molecular formula is C17H17BrN2O. The Kier molecular flexibility index (Phi) is 3.86. The van der Waals surface area contributed by atoms with E-state index in [2.05, 4.69) is 28.9 Å². The van der Waals surface area contributed by atoms with Crippen molar-refractivity contribution >= 4 is 27.5 Å². The Labute approximate surface area is 133 Å². The first-order chi connectivity index (χ1) is 10.2. The Morgan fingerprint density at radius 1 is 1.43 bits per heavy atom. The van der Waals surface area contributed by atoms with Gasteiger partial charge in [0.05, 0.1) is 11.6 Å². The fraction of sp³-hybridized carbons (Fsp3) is 0.412. The molecule has 0 aromatic heterocycles. The molecule has 0 bridgehead atoms. The van der Waals surface area contributed by atoms with Crippen molar-refractivity contribution in [2.24, 2.45) is 0 Å². The Bertz CT molecular complexity index is 672. The number of nitrogens with zero attached hydrogens (tertiary/aromatic N) is 2. The summed E-state index contributed by atoms with van der Waals surface area (Å²) in [4.78, 5) is 14.7. The largest absolute Gasteiger partial charge is 0.301 e. The molecule has 0 radical (unpaired) electrons. The van der Waals surface area contributed by atoms with Crippen molar-refractivity contribution in [3.8, 4) is 6.07 Å². The number of rotatable bonds is 2. The molecule has 0 saturated heterocycles. The quantitative estimate of drug-likeness (QED) is 0.801. The summed E-state index contributed by atoms with van der Waals surface area (Å²) in [6.07, 6.45) is 5.26. The van der Waals surface area contributed by atoms with Crippen molar-refractivity contribution in [3.63, 3.8) is 0 Å². The molecule has 3 nitrogen and oxygen atoms in total. The average molecular weight is 345 g/mol. The summed E-state index contributed by atoms with van der Waals surface area (Å²) in [6, 6.07) is 7.91. The maximum atomic E-state index is 12.8. The summed E-state index contributed by atoms with van der Waals surface area (Å²) in [5.74, 6) is 0.149. The van der Waals surface area contributed by atoms with Gasteiger partial charge in [0.2, 0.25) is 0 Å². The number of carbonyl (C=O) groups excluding carboxylic acids is 1. The Balaban J connectivity index is 2.02. The Morgan fingerprint density at radius 3 is 2.90 bits per heavy atom. The SMILES string of the molecule is CCC1=C2CCCCC2N(c2ccc(C#N)c(Br)c2)C1=O. The van der Waals surface area contributed by atoms with Crippen LogP contribution in [0.25, 0.3) is 0 Å². The predicted octanol–water partition coefficient (Wildman–Crippen LogP) is 4.32. The van der Waals surface area contributed by atoms with E-state index in [1.165, 1.54) is 18.4 Å². The van der Waals surface area contributed by atoms with Crippen molar-refractivity contribution < 1.29 is 4.79 Å². The predicted molar refractivity (Wildman–Crippen MR) is 85.9 cm³/mol. The highest BCUT2D eigenvalue weighted by Crippen LogP contribution is 2.41. The third kappa shape index (κ3) is 2.30. The lowest BCUT2D eigenvalue weighted by Gasteiger charge is -2.30. The lowest BCUT2D eigenvalue weighted by Crippen LogP contribution is -2.36. The Hall–Kier alpha value is -1.60. The van der Waals surface area contributed by atoms with E-state index < -0.39 is 0 Å². The van der Waals surface area contributed by atoms with Crippen LogP contribution in [0.4, 0.5) is 5.69 Å². The van der Waals surface area contributed by atoms with Crippen LogP contribution in [0.1, 0.15) is 44.6 Å². The number of carbonyl (C=O) groups is 1. The maximum absolute atomic E-state index is 12.8. The Morgan fingerprint density at radius 2 is 2.24 bits per heavy atom. The van der Waals surface area contributed by atoms with Crippen LogP contribution < -0.4 is 4.90 Å². The highest BCUT2D eigenvalue weighted by Gasteiger charge is 2.39. The molecule has 108 valence electrons. The van der Waals surface area contributed by atoms with Crippen LogP contribution in [-0.4, -0.2) is 11.9 Å². The van der Waals surface area contributed by atoms with Crippen LogP contribution in [0, 0.1) is 11.3 Å². The number of benzene rings is 1. The summed E-state index contributed by atoms with van der Waals surface area (Å²) in [5.41, 5.74) is 3.83. The first kappa shape index (κ1) is 14.3. The van der Waals surface area contributed by atoms with Gasteiger partial charge in [0.1, 0.15) is 6.07 Å². The van der Waals surface area contributed by atoms with E-state index in [-0.39, 0.29) is 11.9 Å². The van der Waals surface area contributed by atoms with Gasteiger partial charge < -0.3 is 4.90 Å². The molecule has 1 saturated carbocycles.